The average Bonchev–Trinajstić information content (AvgIpc) is 3.04. The number of aromatic amines is 1. The highest BCUT2D eigenvalue weighted by Gasteiger charge is 2.41. The maximum atomic E-state index is 12.0. The zero-order valence-electron chi connectivity index (χ0n) is 15.3. The number of carboxylic acids is 1. The molecular formula is C20H25N5O2. The Balaban J connectivity index is 1.54. The van der Waals surface area contributed by atoms with Gasteiger partial charge >= 0.3 is 5.97 Å². The standard InChI is InChI=1S/C20H25N5O2/c21-20(7-8-20)9-14-15(18(26)27)13-6-5-11-10-22-19(23-12-3-1-2-4-12)25-16(11)17(13)24-14/h10,12,24H,1-9,21H2,(H,26,27)(H,22,23,25). The summed E-state index contributed by atoms with van der Waals surface area (Å²) in [5, 5.41) is 13.3. The highest BCUT2D eigenvalue weighted by atomic mass is 16.4. The molecule has 0 aliphatic heterocycles. The predicted molar refractivity (Wildman–Crippen MR) is 102 cm³/mol. The van der Waals surface area contributed by atoms with Crippen molar-refractivity contribution < 1.29 is 9.90 Å². The molecule has 0 unspecified atom stereocenters. The average molecular weight is 367 g/mol. The molecule has 3 aliphatic carbocycles. The van der Waals surface area contributed by atoms with E-state index in [1.54, 1.807) is 0 Å². The van der Waals surface area contributed by atoms with Crippen molar-refractivity contribution in [3.05, 3.63) is 28.6 Å². The van der Waals surface area contributed by atoms with Crippen LogP contribution in [0.15, 0.2) is 6.20 Å². The molecule has 0 atom stereocenters. The molecule has 2 heterocycles. The number of aromatic nitrogens is 3. The van der Waals surface area contributed by atoms with Crippen molar-refractivity contribution in [2.45, 2.75) is 69.4 Å². The van der Waals surface area contributed by atoms with Gasteiger partial charge in [-0.3, -0.25) is 0 Å². The highest BCUT2D eigenvalue weighted by molar-refractivity contribution is 5.94. The summed E-state index contributed by atoms with van der Waals surface area (Å²) in [6.07, 6.45) is 10.6. The summed E-state index contributed by atoms with van der Waals surface area (Å²) in [6, 6.07) is 0.437. The largest absolute Gasteiger partial charge is 0.478 e. The maximum Gasteiger partial charge on any atom is 0.337 e. The SMILES string of the molecule is NC1(Cc2[nH]c3c(c2C(=O)O)CCc2cnc(NC4CCCC4)nc2-3)CC1. The first-order valence-corrected chi connectivity index (χ1v) is 9.91. The summed E-state index contributed by atoms with van der Waals surface area (Å²) in [7, 11) is 0. The van der Waals surface area contributed by atoms with Crippen LogP contribution in [-0.4, -0.2) is 37.6 Å². The van der Waals surface area contributed by atoms with Crippen molar-refractivity contribution in [1.29, 1.82) is 0 Å². The van der Waals surface area contributed by atoms with Crippen LogP contribution >= 0.6 is 0 Å². The Morgan fingerprint density at radius 2 is 2.11 bits per heavy atom. The summed E-state index contributed by atoms with van der Waals surface area (Å²) in [5.41, 5.74) is 10.8. The van der Waals surface area contributed by atoms with Gasteiger partial charge in [0.05, 0.1) is 17.0 Å². The highest BCUT2D eigenvalue weighted by Crippen LogP contribution is 2.40. The molecule has 5 N–H and O–H groups in total. The van der Waals surface area contributed by atoms with Crippen molar-refractivity contribution in [3.8, 4) is 11.4 Å². The molecule has 0 bridgehead atoms. The molecule has 0 saturated heterocycles. The maximum absolute atomic E-state index is 12.0. The minimum atomic E-state index is -0.881. The number of carboxylic acid groups (broad SMARTS) is 1. The quantitative estimate of drug-likeness (QED) is 0.645. The van der Waals surface area contributed by atoms with Gasteiger partial charge in [-0.05, 0) is 49.7 Å². The van der Waals surface area contributed by atoms with Gasteiger partial charge in [-0.1, -0.05) is 12.8 Å². The second-order valence-electron chi connectivity index (χ2n) is 8.37. The number of hydrogen-bond acceptors (Lipinski definition) is 5. The second-order valence-corrected chi connectivity index (χ2v) is 8.37. The van der Waals surface area contributed by atoms with Crippen LogP contribution in [0.3, 0.4) is 0 Å². The molecule has 7 nitrogen and oxygen atoms in total. The van der Waals surface area contributed by atoms with Crippen LogP contribution in [0.1, 0.15) is 65.7 Å². The number of nitrogens with two attached hydrogens (primary N) is 1. The number of fused-ring (bicyclic) bond motifs is 3. The number of nitrogens with one attached hydrogen (secondary N) is 2. The van der Waals surface area contributed by atoms with E-state index in [9.17, 15) is 9.90 Å². The Morgan fingerprint density at radius 1 is 1.33 bits per heavy atom. The fraction of sp³-hybridized carbons (Fsp3) is 0.550. The number of H-pyrrole nitrogens is 1. The molecule has 7 heteroatoms. The van der Waals surface area contributed by atoms with Gasteiger partial charge in [-0.2, -0.15) is 0 Å². The predicted octanol–water partition coefficient (Wildman–Crippen LogP) is 2.66. The minimum Gasteiger partial charge on any atom is -0.478 e. The zero-order chi connectivity index (χ0) is 18.6. The summed E-state index contributed by atoms with van der Waals surface area (Å²) in [6.45, 7) is 0. The van der Waals surface area contributed by atoms with Crippen molar-refractivity contribution in [2.24, 2.45) is 5.73 Å². The number of aryl methyl sites for hydroxylation is 1. The number of aromatic carboxylic acids is 1. The van der Waals surface area contributed by atoms with Crippen molar-refractivity contribution >= 4 is 11.9 Å². The lowest BCUT2D eigenvalue weighted by Gasteiger charge is -2.18. The number of anilines is 1. The van der Waals surface area contributed by atoms with Crippen LogP contribution in [0.5, 0.6) is 0 Å². The van der Waals surface area contributed by atoms with E-state index in [1.807, 2.05) is 6.20 Å². The summed E-state index contributed by atoms with van der Waals surface area (Å²) in [4.78, 5) is 24.6. The van der Waals surface area contributed by atoms with Gasteiger partial charge in [0.25, 0.3) is 0 Å². The third-order valence-electron chi connectivity index (χ3n) is 6.25. The van der Waals surface area contributed by atoms with Gasteiger partial charge in [0.15, 0.2) is 0 Å². The molecule has 142 valence electrons. The number of carbonyl (C=O) groups is 1. The molecule has 5 rings (SSSR count). The third-order valence-corrected chi connectivity index (χ3v) is 6.25. The molecule has 0 radical (unpaired) electrons. The van der Waals surface area contributed by atoms with Gasteiger partial charge < -0.3 is 21.1 Å². The monoisotopic (exact) mass is 367 g/mol. The lowest BCUT2D eigenvalue weighted by Crippen LogP contribution is -2.25. The Morgan fingerprint density at radius 3 is 2.81 bits per heavy atom. The first kappa shape index (κ1) is 16.7. The topological polar surface area (TPSA) is 117 Å². The van der Waals surface area contributed by atoms with Gasteiger partial charge in [0.1, 0.15) is 0 Å². The number of nitrogens with zero attached hydrogens (tertiary/aromatic N) is 2. The number of rotatable bonds is 5. The fourth-order valence-electron chi connectivity index (χ4n) is 4.52. The van der Waals surface area contributed by atoms with Crippen LogP contribution in [0.2, 0.25) is 0 Å². The molecule has 2 fully saturated rings. The molecule has 0 spiro atoms. The van der Waals surface area contributed by atoms with E-state index in [-0.39, 0.29) is 5.54 Å². The van der Waals surface area contributed by atoms with Crippen LogP contribution in [-0.2, 0) is 19.3 Å². The fourth-order valence-corrected chi connectivity index (χ4v) is 4.52. The lowest BCUT2D eigenvalue weighted by molar-refractivity contribution is 0.0694. The van der Waals surface area contributed by atoms with E-state index >= 15 is 0 Å². The second kappa shape index (κ2) is 6.05. The van der Waals surface area contributed by atoms with Gasteiger partial charge in [0.2, 0.25) is 5.95 Å². The molecule has 2 aromatic heterocycles. The van der Waals surface area contributed by atoms with E-state index in [2.05, 4.69) is 15.3 Å². The Labute approximate surface area is 157 Å². The molecular weight excluding hydrogens is 342 g/mol. The molecule has 2 saturated carbocycles. The minimum absolute atomic E-state index is 0.249. The summed E-state index contributed by atoms with van der Waals surface area (Å²) >= 11 is 0. The van der Waals surface area contributed by atoms with Gasteiger partial charge in [-0.15, -0.1) is 0 Å². The Bertz CT molecular complexity index is 909. The smallest absolute Gasteiger partial charge is 0.337 e. The van der Waals surface area contributed by atoms with Crippen LogP contribution in [0.25, 0.3) is 11.4 Å². The van der Waals surface area contributed by atoms with E-state index in [1.165, 1.54) is 12.8 Å². The molecule has 27 heavy (non-hydrogen) atoms. The molecule has 0 aromatic carbocycles. The van der Waals surface area contributed by atoms with Crippen molar-refractivity contribution in [1.82, 2.24) is 15.0 Å². The van der Waals surface area contributed by atoms with Crippen molar-refractivity contribution in [3.63, 3.8) is 0 Å². The van der Waals surface area contributed by atoms with E-state index in [0.717, 1.165) is 60.3 Å². The van der Waals surface area contributed by atoms with Crippen LogP contribution < -0.4 is 11.1 Å². The lowest BCUT2D eigenvalue weighted by atomic mass is 9.92. The van der Waals surface area contributed by atoms with Gasteiger partial charge in [0, 0.05) is 29.9 Å². The van der Waals surface area contributed by atoms with E-state index < -0.39 is 5.97 Å². The summed E-state index contributed by atoms with van der Waals surface area (Å²) < 4.78 is 0. The normalized spacial score (nSPS) is 20.2. The summed E-state index contributed by atoms with van der Waals surface area (Å²) in [5.74, 6) is -0.243. The van der Waals surface area contributed by atoms with Crippen LogP contribution in [0.4, 0.5) is 5.95 Å². The molecule has 0 amide bonds. The van der Waals surface area contributed by atoms with Crippen molar-refractivity contribution in [2.75, 3.05) is 5.32 Å². The Kier molecular flexibility index (Phi) is 3.75. The first-order valence-electron chi connectivity index (χ1n) is 9.91. The number of hydrogen-bond donors (Lipinski definition) is 4. The zero-order valence-corrected chi connectivity index (χ0v) is 15.3. The Hall–Kier alpha value is -2.41. The van der Waals surface area contributed by atoms with E-state index in [0.29, 0.717) is 30.4 Å². The molecule has 3 aliphatic rings. The molecule has 2 aromatic rings. The third kappa shape index (κ3) is 3.00. The first-order chi connectivity index (χ1) is 13.0. The van der Waals surface area contributed by atoms with E-state index in [4.69, 9.17) is 10.7 Å². The van der Waals surface area contributed by atoms with Crippen LogP contribution in [0, 0.1) is 0 Å². The van der Waals surface area contributed by atoms with Gasteiger partial charge in [-0.25, -0.2) is 14.8 Å².